The lowest BCUT2D eigenvalue weighted by Crippen LogP contribution is -2.09. The molecular weight excluding hydrogens is 260 g/mol. The number of aromatic amines is 1. The summed E-state index contributed by atoms with van der Waals surface area (Å²) in [4.78, 5) is 7.41. The number of nitrogens with zero attached hydrogens (tertiary/aromatic N) is 3. The predicted molar refractivity (Wildman–Crippen MR) is 82.1 cm³/mol. The molecule has 2 heterocycles. The molecule has 0 fully saturated rings. The number of aryl methyl sites for hydroxylation is 1. The van der Waals surface area contributed by atoms with Crippen LogP contribution in [-0.2, 0) is 6.42 Å². The van der Waals surface area contributed by atoms with Crippen molar-refractivity contribution in [2.45, 2.75) is 26.2 Å². The molecule has 0 spiro atoms. The second kappa shape index (κ2) is 5.87. The number of imidazole rings is 1. The van der Waals surface area contributed by atoms with Gasteiger partial charge in [0.05, 0.1) is 12.0 Å². The standard InChI is InChI=1S/C17H18N4/c1-12-5-3-7-15(13(12)2)16(17-10-18-11-19-17)9-14-6-4-8-20-21-14/h3-8,10-11,16H,9H2,1-2H3,(H,18,19)/t16-/m0/s1. The SMILES string of the molecule is Cc1cccc([C@H](Cc2cccnn2)c2cnc[nH]2)c1C. The summed E-state index contributed by atoms with van der Waals surface area (Å²) in [5.74, 6) is 0.212. The Labute approximate surface area is 124 Å². The zero-order valence-electron chi connectivity index (χ0n) is 12.2. The average molecular weight is 278 g/mol. The van der Waals surface area contributed by atoms with Gasteiger partial charge in [0.15, 0.2) is 0 Å². The van der Waals surface area contributed by atoms with Crippen molar-refractivity contribution in [3.63, 3.8) is 0 Å². The summed E-state index contributed by atoms with van der Waals surface area (Å²) in [7, 11) is 0. The number of H-pyrrole nitrogens is 1. The molecule has 0 aliphatic carbocycles. The minimum absolute atomic E-state index is 0.212. The van der Waals surface area contributed by atoms with Crippen molar-refractivity contribution in [3.8, 4) is 0 Å². The lowest BCUT2D eigenvalue weighted by molar-refractivity contribution is 0.739. The van der Waals surface area contributed by atoms with E-state index in [9.17, 15) is 0 Å². The van der Waals surface area contributed by atoms with Crippen LogP contribution in [0.25, 0.3) is 0 Å². The number of benzene rings is 1. The fourth-order valence-electron chi connectivity index (χ4n) is 2.65. The van der Waals surface area contributed by atoms with Gasteiger partial charge in [-0.1, -0.05) is 18.2 Å². The topological polar surface area (TPSA) is 54.5 Å². The second-order valence-corrected chi connectivity index (χ2v) is 5.27. The lowest BCUT2D eigenvalue weighted by atomic mass is 9.87. The maximum Gasteiger partial charge on any atom is 0.0921 e. The Morgan fingerprint density at radius 3 is 2.76 bits per heavy atom. The van der Waals surface area contributed by atoms with Gasteiger partial charge in [-0.05, 0) is 42.7 Å². The molecule has 0 bridgehead atoms. The first-order chi connectivity index (χ1) is 10.3. The molecule has 0 saturated carbocycles. The highest BCUT2D eigenvalue weighted by Crippen LogP contribution is 2.30. The fraction of sp³-hybridized carbons (Fsp3) is 0.235. The molecule has 0 radical (unpaired) electrons. The smallest absolute Gasteiger partial charge is 0.0921 e. The Kier molecular flexibility index (Phi) is 3.77. The summed E-state index contributed by atoms with van der Waals surface area (Å²) < 4.78 is 0. The highest BCUT2D eigenvalue weighted by atomic mass is 15.1. The van der Waals surface area contributed by atoms with Gasteiger partial charge in [0.2, 0.25) is 0 Å². The van der Waals surface area contributed by atoms with Crippen LogP contribution in [0.3, 0.4) is 0 Å². The van der Waals surface area contributed by atoms with Crippen LogP contribution >= 0.6 is 0 Å². The van der Waals surface area contributed by atoms with Crippen molar-refractivity contribution in [1.29, 1.82) is 0 Å². The molecule has 4 heteroatoms. The molecule has 0 aliphatic rings. The minimum atomic E-state index is 0.212. The van der Waals surface area contributed by atoms with Crippen molar-refractivity contribution in [2.24, 2.45) is 0 Å². The third-order valence-corrected chi connectivity index (χ3v) is 3.96. The zero-order valence-corrected chi connectivity index (χ0v) is 12.2. The van der Waals surface area contributed by atoms with Gasteiger partial charge in [-0.3, -0.25) is 0 Å². The Morgan fingerprint density at radius 2 is 2.05 bits per heavy atom. The first-order valence-electron chi connectivity index (χ1n) is 7.06. The minimum Gasteiger partial charge on any atom is -0.348 e. The van der Waals surface area contributed by atoms with Crippen molar-refractivity contribution in [1.82, 2.24) is 20.2 Å². The molecule has 4 nitrogen and oxygen atoms in total. The molecule has 0 amide bonds. The summed E-state index contributed by atoms with van der Waals surface area (Å²) in [6.07, 6.45) is 6.12. The molecule has 0 saturated heterocycles. The fourth-order valence-corrected chi connectivity index (χ4v) is 2.65. The van der Waals surface area contributed by atoms with E-state index in [-0.39, 0.29) is 5.92 Å². The van der Waals surface area contributed by atoms with Gasteiger partial charge in [0.25, 0.3) is 0 Å². The van der Waals surface area contributed by atoms with Crippen LogP contribution < -0.4 is 0 Å². The number of rotatable bonds is 4. The van der Waals surface area contributed by atoms with Gasteiger partial charge in [-0.25, -0.2) is 4.98 Å². The Balaban J connectivity index is 2.03. The molecule has 21 heavy (non-hydrogen) atoms. The van der Waals surface area contributed by atoms with Crippen LogP contribution in [0.4, 0.5) is 0 Å². The van der Waals surface area contributed by atoms with E-state index in [1.165, 1.54) is 16.7 Å². The van der Waals surface area contributed by atoms with E-state index in [0.717, 1.165) is 17.8 Å². The zero-order chi connectivity index (χ0) is 14.7. The summed E-state index contributed by atoms with van der Waals surface area (Å²) in [6, 6.07) is 10.4. The third kappa shape index (κ3) is 2.84. The maximum atomic E-state index is 4.22. The average Bonchev–Trinajstić information content (AvgIpc) is 3.03. The first kappa shape index (κ1) is 13.5. The molecule has 1 atom stereocenters. The van der Waals surface area contributed by atoms with Crippen LogP contribution in [0.5, 0.6) is 0 Å². The Morgan fingerprint density at radius 1 is 1.14 bits per heavy atom. The molecule has 3 rings (SSSR count). The van der Waals surface area contributed by atoms with Gasteiger partial charge >= 0.3 is 0 Å². The largest absolute Gasteiger partial charge is 0.348 e. The van der Waals surface area contributed by atoms with Gasteiger partial charge in [0, 0.05) is 30.4 Å². The number of hydrogen-bond acceptors (Lipinski definition) is 3. The third-order valence-electron chi connectivity index (χ3n) is 3.96. The molecule has 2 aromatic heterocycles. The lowest BCUT2D eigenvalue weighted by Gasteiger charge is -2.19. The van der Waals surface area contributed by atoms with Gasteiger partial charge in [-0.2, -0.15) is 10.2 Å². The number of aromatic nitrogens is 4. The van der Waals surface area contributed by atoms with Crippen molar-refractivity contribution in [2.75, 3.05) is 0 Å². The van der Waals surface area contributed by atoms with Crippen molar-refractivity contribution < 1.29 is 0 Å². The molecule has 1 aromatic carbocycles. The van der Waals surface area contributed by atoms with Gasteiger partial charge in [-0.15, -0.1) is 0 Å². The van der Waals surface area contributed by atoms with Crippen LogP contribution in [0, 0.1) is 13.8 Å². The molecule has 1 N–H and O–H groups in total. The Bertz CT molecular complexity index is 705. The van der Waals surface area contributed by atoms with Crippen LogP contribution in [0.15, 0.2) is 49.1 Å². The highest BCUT2D eigenvalue weighted by Gasteiger charge is 2.19. The monoisotopic (exact) mass is 278 g/mol. The summed E-state index contributed by atoms with van der Waals surface area (Å²) in [6.45, 7) is 4.32. The van der Waals surface area contributed by atoms with Gasteiger partial charge < -0.3 is 4.98 Å². The van der Waals surface area contributed by atoms with Crippen LogP contribution in [0.2, 0.25) is 0 Å². The predicted octanol–water partition coefficient (Wildman–Crippen LogP) is 3.19. The molecule has 0 unspecified atom stereocenters. The van der Waals surface area contributed by atoms with E-state index in [1.54, 1.807) is 12.5 Å². The maximum absolute atomic E-state index is 4.22. The van der Waals surface area contributed by atoms with E-state index in [0.29, 0.717) is 0 Å². The van der Waals surface area contributed by atoms with Crippen molar-refractivity contribution >= 4 is 0 Å². The Hall–Kier alpha value is -2.49. The molecular formula is C17H18N4. The van der Waals surface area contributed by atoms with E-state index in [1.807, 2.05) is 18.3 Å². The summed E-state index contributed by atoms with van der Waals surface area (Å²) in [5, 5.41) is 8.20. The summed E-state index contributed by atoms with van der Waals surface area (Å²) >= 11 is 0. The number of hydrogen-bond donors (Lipinski definition) is 1. The van der Waals surface area contributed by atoms with Gasteiger partial charge in [0.1, 0.15) is 0 Å². The quantitative estimate of drug-likeness (QED) is 0.797. The van der Waals surface area contributed by atoms with Crippen LogP contribution in [-0.4, -0.2) is 20.2 Å². The van der Waals surface area contributed by atoms with E-state index >= 15 is 0 Å². The molecule has 0 aliphatic heterocycles. The number of nitrogens with one attached hydrogen (secondary N) is 1. The first-order valence-corrected chi connectivity index (χ1v) is 7.06. The van der Waals surface area contributed by atoms with E-state index < -0.39 is 0 Å². The second-order valence-electron chi connectivity index (χ2n) is 5.27. The van der Waals surface area contributed by atoms with E-state index in [4.69, 9.17) is 0 Å². The van der Waals surface area contributed by atoms with E-state index in [2.05, 4.69) is 52.2 Å². The normalized spacial score (nSPS) is 12.3. The molecule has 106 valence electrons. The molecule has 3 aromatic rings. The highest BCUT2D eigenvalue weighted by molar-refractivity contribution is 5.39. The van der Waals surface area contributed by atoms with Crippen molar-refractivity contribution in [3.05, 3.63) is 77.1 Å². The summed E-state index contributed by atoms with van der Waals surface area (Å²) in [5.41, 5.74) is 6.02. The van der Waals surface area contributed by atoms with Crippen LogP contribution in [0.1, 0.15) is 34.0 Å².